The molecular weight excluding hydrogens is 807 g/mol. The molecule has 5 aliphatic rings. The minimum atomic E-state index is -1.32. The third kappa shape index (κ3) is 3.27. The van der Waals surface area contributed by atoms with Gasteiger partial charge in [0.1, 0.15) is 28.6 Å². The highest BCUT2D eigenvalue weighted by Gasteiger charge is 2.79. The molecule has 6 heterocycles. The van der Waals surface area contributed by atoms with Crippen LogP contribution >= 0.6 is 75.3 Å². The average Bonchev–Trinajstić information content (AvgIpc) is 3.69. The standard InChI is InChI=1S/C22H21Br4ClN10O3/c23-6-1-7(31-14(6)25)16(38)30-2-4-5-3-37-17(39)10-8(9(24)15(26)32-10)13-22(37,36-19(28)33-13)11(5)21(12(4)27)18(40)34-20(29)35-21/h1,4-5,11-13,18,31-32,40H,2-3H2,(H,30,38)(H3,28,33,36)(H3,29,34,35)/t4-,5-,11+,12+,13+,18+,21?,22-/m1/s1. The van der Waals surface area contributed by atoms with Crippen molar-refractivity contribution in [3.8, 4) is 0 Å². The number of hydrogen-bond acceptors (Lipinski definition) is 9. The molecule has 8 atom stereocenters. The first kappa shape index (κ1) is 27.1. The Kier molecular flexibility index (Phi) is 5.99. The number of nitrogens with zero attached hydrogens (tertiary/aromatic N) is 3. The number of carbonyl (C=O) groups excluding carboxylic acids is 2. The second-order valence-corrected chi connectivity index (χ2v) is 14.2. The van der Waals surface area contributed by atoms with E-state index in [-0.39, 0.29) is 42.7 Å². The van der Waals surface area contributed by atoms with E-state index in [1.807, 2.05) is 0 Å². The normalized spacial score (nSPS) is 37.0. The largest absolute Gasteiger partial charge is 0.370 e. The predicted octanol–water partition coefficient (Wildman–Crippen LogP) is 1.39. The molecule has 2 amide bonds. The van der Waals surface area contributed by atoms with Crippen molar-refractivity contribution in [2.24, 2.45) is 39.2 Å². The van der Waals surface area contributed by atoms with Crippen molar-refractivity contribution in [2.75, 3.05) is 13.1 Å². The van der Waals surface area contributed by atoms with Crippen LogP contribution in [0.3, 0.4) is 0 Å². The van der Waals surface area contributed by atoms with E-state index in [9.17, 15) is 14.7 Å². The van der Waals surface area contributed by atoms with Gasteiger partial charge < -0.3 is 47.4 Å². The zero-order valence-electron chi connectivity index (χ0n) is 20.1. The summed E-state index contributed by atoms with van der Waals surface area (Å²) in [5, 5.41) is 20.2. The molecule has 2 fully saturated rings. The number of aromatic amines is 2. The van der Waals surface area contributed by atoms with Gasteiger partial charge in [-0.3, -0.25) is 9.59 Å². The molecular formula is C22H21Br4ClN10O3. The zero-order chi connectivity index (χ0) is 28.5. The lowest BCUT2D eigenvalue weighted by atomic mass is 9.70. The number of aromatic nitrogens is 2. The van der Waals surface area contributed by atoms with Gasteiger partial charge >= 0.3 is 0 Å². The summed E-state index contributed by atoms with van der Waals surface area (Å²) in [6.07, 6.45) is -1.32. The second kappa shape index (κ2) is 8.86. The van der Waals surface area contributed by atoms with Crippen LogP contribution in [0.4, 0.5) is 0 Å². The van der Waals surface area contributed by atoms with E-state index in [1.165, 1.54) is 0 Å². The summed E-state index contributed by atoms with van der Waals surface area (Å²) in [7, 11) is 0. The number of aliphatic hydroxyl groups is 1. The van der Waals surface area contributed by atoms with Crippen molar-refractivity contribution < 1.29 is 14.7 Å². The topological polar surface area (TPSA) is 202 Å². The number of H-pyrrole nitrogens is 2. The molecule has 1 saturated heterocycles. The number of guanidine groups is 2. The highest BCUT2D eigenvalue weighted by Crippen LogP contribution is 2.65. The fraction of sp³-hybridized carbons (Fsp3) is 0.455. The average molecular weight is 829 g/mol. The van der Waals surface area contributed by atoms with Gasteiger partial charge in [-0.2, -0.15) is 0 Å². The van der Waals surface area contributed by atoms with E-state index in [0.717, 1.165) is 0 Å². The first-order chi connectivity index (χ1) is 18.9. The lowest BCUT2D eigenvalue weighted by molar-refractivity contribution is -0.0124. The Hall–Kier alpha value is -1.79. The molecule has 0 aromatic carbocycles. The lowest BCUT2D eigenvalue weighted by Crippen LogP contribution is -2.73. The molecule has 0 radical (unpaired) electrons. The van der Waals surface area contributed by atoms with E-state index in [1.54, 1.807) is 11.0 Å². The fourth-order valence-corrected chi connectivity index (χ4v) is 9.62. The van der Waals surface area contributed by atoms with Crippen LogP contribution < -0.4 is 27.4 Å². The maximum atomic E-state index is 14.0. The van der Waals surface area contributed by atoms with Gasteiger partial charge in [-0.25, -0.2) is 9.98 Å². The Labute approximate surface area is 265 Å². The van der Waals surface area contributed by atoms with Crippen LogP contribution in [0.5, 0.6) is 0 Å². The zero-order valence-corrected chi connectivity index (χ0v) is 27.2. The second-order valence-electron chi connectivity index (χ2n) is 10.5. The number of aliphatic imine (C=N–C) groups is 2. The predicted molar refractivity (Wildman–Crippen MR) is 160 cm³/mol. The summed E-state index contributed by atoms with van der Waals surface area (Å²) in [6.45, 7) is 0.432. The fourth-order valence-electron chi connectivity index (χ4n) is 7.46. The number of hydrogen-bond donors (Lipinski definition) is 8. The van der Waals surface area contributed by atoms with Crippen molar-refractivity contribution >= 4 is 99.1 Å². The van der Waals surface area contributed by atoms with Gasteiger partial charge in [0.15, 0.2) is 18.1 Å². The van der Waals surface area contributed by atoms with Crippen LogP contribution in [0.25, 0.3) is 0 Å². The van der Waals surface area contributed by atoms with Crippen molar-refractivity contribution in [3.63, 3.8) is 0 Å². The Morgan fingerprint density at radius 3 is 2.55 bits per heavy atom. The van der Waals surface area contributed by atoms with E-state index in [2.05, 4.69) is 94.6 Å². The number of aliphatic hydroxyl groups excluding tert-OH is 1. The molecule has 10 N–H and O–H groups in total. The number of amides is 2. The summed E-state index contributed by atoms with van der Waals surface area (Å²) in [4.78, 5) is 43.8. The molecule has 2 aromatic rings. The molecule has 40 heavy (non-hydrogen) atoms. The molecule has 212 valence electrons. The molecule has 2 aromatic heterocycles. The molecule has 7 rings (SSSR count). The van der Waals surface area contributed by atoms with E-state index < -0.39 is 40.7 Å². The molecule has 1 saturated carbocycles. The van der Waals surface area contributed by atoms with Gasteiger partial charge in [0.2, 0.25) is 0 Å². The highest BCUT2D eigenvalue weighted by molar-refractivity contribution is 9.13. The third-order valence-corrected chi connectivity index (χ3v) is 13.2. The Morgan fingerprint density at radius 1 is 1.18 bits per heavy atom. The summed E-state index contributed by atoms with van der Waals surface area (Å²) in [6, 6.07) is 1.03. The number of carbonyl (C=O) groups is 2. The monoisotopic (exact) mass is 824 g/mol. The highest BCUT2D eigenvalue weighted by atomic mass is 79.9. The number of nitrogens with one attached hydrogen (secondary N) is 5. The van der Waals surface area contributed by atoms with Gasteiger partial charge in [0.25, 0.3) is 11.8 Å². The smallest absolute Gasteiger partial charge is 0.272 e. The van der Waals surface area contributed by atoms with Crippen molar-refractivity contribution in [1.82, 2.24) is 30.8 Å². The lowest BCUT2D eigenvalue weighted by Gasteiger charge is -2.51. The quantitative estimate of drug-likeness (QED) is 0.214. The Bertz CT molecular complexity index is 1540. The van der Waals surface area contributed by atoms with Crippen molar-refractivity contribution in [3.05, 3.63) is 41.2 Å². The summed E-state index contributed by atoms with van der Waals surface area (Å²) in [5.41, 5.74) is 11.3. The van der Waals surface area contributed by atoms with Crippen LogP contribution in [0.2, 0.25) is 0 Å². The maximum Gasteiger partial charge on any atom is 0.272 e. The van der Waals surface area contributed by atoms with Crippen molar-refractivity contribution in [2.45, 2.75) is 28.8 Å². The molecule has 2 spiro atoms. The number of halogens is 5. The number of fused-ring (bicyclic) bond motifs is 4. The minimum Gasteiger partial charge on any atom is -0.370 e. The summed E-state index contributed by atoms with van der Waals surface area (Å²) < 4.78 is 2.60. The summed E-state index contributed by atoms with van der Waals surface area (Å²) >= 11 is 21.0. The SMILES string of the molecule is NC1=N[C@@H](O)C2(N1)[C@@H](Cl)[C@H](CNC(=O)c1cc(Br)c(Br)[nH]1)[C@H]1CN3C(=O)c4[nH]c(Br)c(Br)c4[C@@H]4N=C(N)N[C@@]43[C@@H]12. The van der Waals surface area contributed by atoms with E-state index >= 15 is 0 Å². The number of nitrogens with two attached hydrogens (primary N) is 2. The van der Waals surface area contributed by atoms with Crippen LogP contribution in [0.15, 0.2) is 34.2 Å². The molecule has 0 bridgehead atoms. The maximum absolute atomic E-state index is 14.0. The van der Waals surface area contributed by atoms with E-state index in [4.69, 9.17) is 28.1 Å². The molecule has 4 aliphatic heterocycles. The molecule has 1 aliphatic carbocycles. The number of alkyl halides is 1. The molecule has 13 nitrogen and oxygen atoms in total. The first-order valence-corrected chi connectivity index (χ1v) is 15.8. The van der Waals surface area contributed by atoms with Crippen molar-refractivity contribution in [1.29, 1.82) is 0 Å². The first-order valence-electron chi connectivity index (χ1n) is 12.2. The molecule has 1 unspecified atom stereocenters. The van der Waals surface area contributed by atoms with Gasteiger partial charge in [-0.05, 0) is 75.7 Å². The Morgan fingerprint density at radius 2 is 1.90 bits per heavy atom. The van der Waals surface area contributed by atoms with Gasteiger partial charge in [-0.1, -0.05) is 0 Å². The minimum absolute atomic E-state index is 0.0364. The Balaban J connectivity index is 1.33. The van der Waals surface area contributed by atoms with Gasteiger partial charge in [-0.15, -0.1) is 11.6 Å². The third-order valence-electron chi connectivity index (χ3n) is 8.82. The van der Waals surface area contributed by atoms with E-state index in [0.29, 0.717) is 35.1 Å². The van der Waals surface area contributed by atoms with Crippen LogP contribution in [-0.2, 0) is 0 Å². The van der Waals surface area contributed by atoms with Crippen LogP contribution in [-0.4, -0.2) is 79.6 Å². The molecule has 18 heteroatoms. The van der Waals surface area contributed by atoms with Gasteiger partial charge in [0, 0.05) is 30.5 Å². The number of rotatable bonds is 3. The van der Waals surface area contributed by atoms with Crippen LogP contribution in [0, 0.1) is 17.8 Å². The van der Waals surface area contributed by atoms with Gasteiger partial charge in [0.05, 0.1) is 23.5 Å². The summed E-state index contributed by atoms with van der Waals surface area (Å²) in [5.74, 6) is -1.66. The van der Waals surface area contributed by atoms with Crippen LogP contribution in [0.1, 0.15) is 32.6 Å².